The first kappa shape index (κ1) is 13.8. The van der Waals surface area contributed by atoms with Crippen LogP contribution in [0, 0.1) is 6.92 Å². The van der Waals surface area contributed by atoms with Crippen molar-refractivity contribution in [2.75, 3.05) is 7.11 Å². The van der Waals surface area contributed by atoms with E-state index in [9.17, 15) is 0 Å². The summed E-state index contributed by atoms with van der Waals surface area (Å²) in [5, 5.41) is 0. The zero-order valence-corrected chi connectivity index (χ0v) is 11.8. The molecule has 0 N–H and O–H groups in total. The summed E-state index contributed by atoms with van der Waals surface area (Å²) in [6.45, 7) is 2.49. The third-order valence-electron chi connectivity index (χ3n) is 2.75. The summed E-state index contributed by atoms with van der Waals surface area (Å²) in [6, 6.07) is 11.5. The zero-order valence-electron chi connectivity index (χ0n) is 11.0. The van der Waals surface area contributed by atoms with Gasteiger partial charge in [-0.1, -0.05) is 18.2 Å². The first-order valence-electron chi connectivity index (χ1n) is 6.01. The maximum atomic E-state index is 5.81. The molecule has 0 bridgehead atoms. The van der Waals surface area contributed by atoms with E-state index in [1.807, 2.05) is 43.3 Å². The first-order valence-corrected chi connectivity index (χ1v) is 6.54. The van der Waals surface area contributed by atoms with Crippen LogP contribution in [0.2, 0.25) is 0 Å². The Morgan fingerprint density at radius 3 is 2.74 bits per heavy atom. The van der Waals surface area contributed by atoms with E-state index in [0.29, 0.717) is 18.4 Å². The highest BCUT2D eigenvalue weighted by atomic mass is 35.5. The number of rotatable bonds is 5. The van der Waals surface area contributed by atoms with Crippen LogP contribution in [0.1, 0.15) is 16.8 Å². The lowest BCUT2D eigenvalue weighted by Crippen LogP contribution is -1.94. The van der Waals surface area contributed by atoms with Crippen LogP contribution < -0.4 is 4.74 Å². The highest BCUT2D eigenvalue weighted by Gasteiger charge is 2.03. The van der Waals surface area contributed by atoms with Crippen LogP contribution >= 0.6 is 11.6 Å². The Morgan fingerprint density at radius 1 is 1.21 bits per heavy atom. The molecule has 1 aromatic carbocycles. The Morgan fingerprint density at radius 2 is 2.05 bits per heavy atom. The minimum Gasteiger partial charge on any atom is -0.439 e. The second-order valence-corrected chi connectivity index (χ2v) is 4.48. The van der Waals surface area contributed by atoms with Gasteiger partial charge in [0.1, 0.15) is 5.75 Å². The summed E-state index contributed by atoms with van der Waals surface area (Å²) in [7, 11) is 1.67. The van der Waals surface area contributed by atoms with Gasteiger partial charge in [0.2, 0.25) is 5.88 Å². The number of hydrogen-bond donors (Lipinski definition) is 0. The average molecular weight is 278 g/mol. The molecule has 0 atom stereocenters. The molecule has 3 nitrogen and oxygen atoms in total. The van der Waals surface area contributed by atoms with Crippen molar-refractivity contribution in [3.05, 3.63) is 53.2 Å². The standard InChI is InChI=1S/C15H16ClNO2/c1-11-13(9-16)6-7-15(17-11)19-14-5-3-4-12(8-14)10-18-2/h3-8H,9-10H2,1-2H3. The highest BCUT2D eigenvalue weighted by Crippen LogP contribution is 2.22. The quantitative estimate of drug-likeness (QED) is 0.772. The molecule has 0 fully saturated rings. The van der Waals surface area contributed by atoms with Gasteiger partial charge in [0.05, 0.1) is 6.61 Å². The van der Waals surface area contributed by atoms with E-state index >= 15 is 0 Å². The fourth-order valence-electron chi connectivity index (χ4n) is 1.75. The van der Waals surface area contributed by atoms with Gasteiger partial charge in [0.25, 0.3) is 0 Å². The molecule has 0 unspecified atom stereocenters. The smallest absolute Gasteiger partial charge is 0.219 e. The number of pyridine rings is 1. The summed E-state index contributed by atoms with van der Waals surface area (Å²) >= 11 is 5.81. The molecule has 2 rings (SSSR count). The van der Waals surface area contributed by atoms with Crippen molar-refractivity contribution in [1.82, 2.24) is 4.98 Å². The summed E-state index contributed by atoms with van der Waals surface area (Å²) < 4.78 is 10.8. The van der Waals surface area contributed by atoms with E-state index in [1.165, 1.54) is 0 Å². The maximum absolute atomic E-state index is 5.81. The number of aromatic nitrogens is 1. The van der Waals surface area contributed by atoms with Crippen molar-refractivity contribution in [1.29, 1.82) is 0 Å². The number of halogens is 1. The van der Waals surface area contributed by atoms with E-state index in [-0.39, 0.29) is 0 Å². The Labute approximate surface area is 118 Å². The van der Waals surface area contributed by atoms with Crippen LogP contribution in [-0.2, 0) is 17.2 Å². The van der Waals surface area contributed by atoms with E-state index in [1.54, 1.807) is 7.11 Å². The van der Waals surface area contributed by atoms with Crippen molar-refractivity contribution < 1.29 is 9.47 Å². The molecule has 0 amide bonds. The van der Waals surface area contributed by atoms with Crippen LogP contribution in [-0.4, -0.2) is 12.1 Å². The second kappa shape index (κ2) is 6.55. The third-order valence-corrected chi connectivity index (χ3v) is 3.03. The highest BCUT2D eigenvalue weighted by molar-refractivity contribution is 6.17. The molecule has 0 aliphatic carbocycles. The Hall–Kier alpha value is -1.58. The topological polar surface area (TPSA) is 31.4 Å². The SMILES string of the molecule is COCc1cccc(Oc2ccc(CCl)c(C)n2)c1. The van der Waals surface area contributed by atoms with Crippen molar-refractivity contribution in [3.63, 3.8) is 0 Å². The summed E-state index contributed by atoms with van der Waals surface area (Å²) in [5.74, 6) is 1.78. The lowest BCUT2D eigenvalue weighted by molar-refractivity contribution is 0.184. The van der Waals surface area contributed by atoms with Crippen molar-refractivity contribution in [2.24, 2.45) is 0 Å². The van der Waals surface area contributed by atoms with Gasteiger partial charge in [-0.05, 0) is 30.2 Å². The second-order valence-electron chi connectivity index (χ2n) is 4.21. The van der Waals surface area contributed by atoms with Crippen LogP contribution in [0.5, 0.6) is 11.6 Å². The predicted octanol–water partition coefficient (Wildman–Crippen LogP) is 4.07. The Bertz CT molecular complexity index is 558. The summed E-state index contributed by atoms with van der Waals surface area (Å²) in [6.07, 6.45) is 0. The Kier molecular flexibility index (Phi) is 4.77. The molecule has 0 radical (unpaired) electrons. The predicted molar refractivity (Wildman–Crippen MR) is 75.8 cm³/mol. The van der Waals surface area contributed by atoms with Gasteiger partial charge in [-0.25, -0.2) is 4.98 Å². The summed E-state index contributed by atoms with van der Waals surface area (Å²) in [5.41, 5.74) is 2.97. The van der Waals surface area contributed by atoms with Gasteiger partial charge in [0.15, 0.2) is 0 Å². The van der Waals surface area contributed by atoms with Crippen LogP contribution in [0.3, 0.4) is 0 Å². The zero-order chi connectivity index (χ0) is 13.7. The molecule has 100 valence electrons. The summed E-state index contributed by atoms with van der Waals surface area (Å²) in [4.78, 5) is 4.38. The van der Waals surface area contributed by atoms with Gasteiger partial charge in [-0.15, -0.1) is 11.6 Å². The average Bonchev–Trinajstić information content (AvgIpc) is 2.40. The molecule has 0 aliphatic rings. The molecule has 4 heteroatoms. The molecular formula is C15H16ClNO2. The number of alkyl halides is 1. The van der Waals surface area contributed by atoms with Gasteiger partial charge in [-0.3, -0.25) is 0 Å². The van der Waals surface area contributed by atoms with Crippen molar-refractivity contribution in [2.45, 2.75) is 19.4 Å². The molecule has 1 heterocycles. The van der Waals surface area contributed by atoms with E-state index in [4.69, 9.17) is 21.1 Å². The lowest BCUT2D eigenvalue weighted by atomic mass is 10.2. The van der Waals surface area contributed by atoms with Crippen molar-refractivity contribution >= 4 is 11.6 Å². The van der Waals surface area contributed by atoms with Crippen LogP contribution in [0.15, 0.2) is 36.4 Å². The third kappa shape index (κ3) is 3.69. The molecule has 0 saturated carbocycles. The van der Waals surface area contributed by atoms with Crippen molar-refractivity contribution in [3.8, 4) is 11.6 Å². The van der Waals surface area contributed by atoms with E-state index in [2.05, 4.69) is 4.98 Å². The van der Waals surface area contributed by atoms with Crippen LogP contribution in [0.4, 0.5) is 0 Å². The fraction of sp³-hybridized carbons (Fsp3) is 0.267. The number of methoxy groups -OCH3 is 1. The number of nitrogens with zero attached hydrogens (tertiary/aromatic N) is 1. The largest absolute Gasteiger partial charge is 0.439 e. The fourth-order valence-corrected chi connectivity index (χ4v) is 2.03. The molecule has 19 heavy (non-hydrogen) atoms. The van der Waals surface area contributed by atoms with Gasteiger partial charge in [-0.2, -0.15) is 0 Å². The Balaban J connectivity index is 2.16. The molecule has 2 aromatic rings. The molecule has 0 aliphatic heterocycles. The number of aryl methyl sites for hydroxylation is 1. The number of ether oxygens (including phenoxy) is 2. The molecule has 1 aromatic heterocycles. The van der Waals surface area contributed by atoms with Gasteiger partial charge in [0, 0.05) is 24.8 Å². The molecule has 0 spiro atoms. The van der Waals surface area contributed by atoms with E-state index < -0.39 is 0 Å². The molecular weight excluding hydrogens is 262 g/mol. The lowest BCUT2D eigenvalue weighted by Gasteiger charge is -2.08. The molecule has 0 saturated heterocycles. The first-order chi connectivity index (χ1) is 9.22. The van der Waals surface area contributed by atoms with Crippen LogP contribution in [0.25, 0.3) is 0 Å². The van der Waals surface area contributed by atoms with Gasteiger partial charge >= 0.3 is 0 Å². The normalized spacial score (nSPS) is 10.5. The minimum atomic E-state index is 0.461. The number of hydrogen-bond acceptors (Lipinski definition) is 3. The van der Waals surface area contributed by atoms with Gasteiger partial charge < -0.3 is 9.47 Å². The number of benzene rings is 1. The monoisotopic (exact) mass is 277 g/mol. The van der Waals surface area contributed by atoms with E-state index in [0.717, 1.165) is 22.6 Å². The minimum absolute atomic E-state index is 0.461. The maximum Gasteiger partial charge on any atom is 0.219 e.